The van der Waals surface area contributed by atoms with Crippen molar-refractivity contribution < 1.29 is 4.39 Å². The molecule has 17 heavy (non-hydrogen) atoms. The van der Waals surface area contributed by atoms with E-state index in [0.717, 1.165) is 0 Å². The monoisotopic (exact) mass is 271 g/mol. The summed E-state index contributed by atoms with van der Waals surface area (Å²) in [6.45, 7) is 2.00. The molecule has 0 saturated carbocycles. The average Bonchev–Trinajstić information content (AvgIpc) is 2.77. The molecule has 0 unspecified atom stereocenters. The van der Waals surface area contributed by atoms with E-state index < -0.39 is 0 Å². The fourth-order valence-electron chi connectivity index (χ4n) is 1.53. The van der Waals surface area contributed by atoms with E-state index in [4.69, 9.17) is 11.6 Å². The first-order chi connectivity index (χ1) is 8.11. The zero-order chi connectivity index (χ0) is 12.4. The highest BCUT2D eigenvalue weighted by molar-refractivity contribution is 7.81. The number of aromatic nitrogens is 2. The second kappa shape index (κ2) is 4.98. The lowest BCUT2D eigenvalue weighted by Crippen LogP contribution is -2.04. The lowest BCUT2D eigenvalue weighted by molar-refractivity contribution is 0.579. The quantitative estimate of drug-likeness (QED) is 0.839. The molecule has 90 valence electrons. The van der Waals surface area contributed by atoms with Crippen LogP contribution in [0.1, 0.15) is 11.1 Å². The third-order valence-electron chi connectivity index (χ3n) is 2.45. The van der Waals surface area contributed by atoms with Crippen LogP contribution < -0.4 is 4.72 Å². The first kappa shape index (κ1) is 12.3. The van der Waals surface area contributed by atoms with E-state index in [0.29, 0.717) is 28.5 Å². The van der Waals surface area contributed by atoms with Crippen molar-refractivity contribution in [2.75, 3.05) is 4.72 Å². The Morgan fingerprint density at radius 2 is 2.24 bits per heavy atom. The zero-order valence-corrected chi connectivity index (χ0v) is 10.8. The zero-order valence-electron chi connectivity index (χ0n) is 9.11. The van der Waals surface area contributed by atoms with Gasteiger partial charge in [0.05, 0.1) is 6.54 Å². The Kier molecular flexibility index (Phi) is 3.59. The van der Waals surface area contributed by atoms with Crippen LogP contribution in [0.5, 0.6) is 0 Å². The highest BCUT2D eigenvalue weighted by Gasteiger charge is 2.11. The number of hydrogen-bond acceptors (Lipinski definition) is 3. The molecule has 3 nitrogen and oxygen atoms in total. The molecule has 0 fully saturated rings. The van der Waals surface area contributed by atoms with E-state index in [1.807, 2.05) is 0 Å². The van der Waals surface area contributed by atoms with Gasteiger partial charge < -0.3 is 4.72 Å². The van der Waals surface area contributed by atoms with Gasteiger partial charge in [0, 0.05) is 22.8 Å². The smallest absolute Gasteiger partial charge is 0.157 e. The Balaban J connectivity index is 2.32. The van der Waals surface area contributed by atoms with Crippen molar-refractivity contribution in [2.45, 2.75) is 13.5 Å². The fraction of sp³-hybridized carbons (Fsp3) is 0.182. The highest BCUT2D eigenvalue weighted by Crippen LogP contribution is 2.23. The number of nitrogens with one attached hydrogen (secondary N) is 1. The van der Waals surface area contributed by atoms with E-state index in [2.05, 4.69) is 22.6 Å². The predicted molar refractivity (Wildman–Crippen MR) is 70.1 cm³/mol. The molecule has 0 radical (unpaired) electrons. The Labute approximate surface area is 109 Å². The molecule has 0 aliphatic carbocycles. The van der Waals surface area contributed by atoms with Gasteiger partial charge in [-0.05, 0) is 18.6 Å². The topological polar surface area (TPSA) is 29.9 Å². The minimum absolute atomic E-state index is 0.284. The average molecular weight is 272 g/mol. The van der Waals surface area contributed by atoms with Gasteiger partial charge >= 0.3 is 0 Å². The molecule has 1 aromatic carbocycles. The second-order valence-corrected chi connectivity index (χ2v) is 4.30. The summed E-state index contributed by atoms with van der Waals surface area (Å²) in [4.78, 5) is 0. The largest absolute Gasteiger partial charge is 0.316 e. The Morgan fingerprint density at radius 1 is 1.47 bits per heavy atom. The number of hydrogen-bond donors (Lipinski definition) is 2. The number of rotatable bonds is 3. The summed E-state index contributed by atoms with van der Waals surface area (Å²) in [7, 11) is 0. The molecule has 1 aromatic heterocycles. The normalized spacial score (nSPS) is 10.6. The van der Waals surface area contributed by atoms with E-state index in [1.165, 1.54) is 0 Å². The van der Waals surface area contributed by atoms with Crippen LogP contribution in [-0.4, -0.2) is 9.78 Å². The molecule has 0 atom stereocenters. The molecule has 1 heterocycles. The summed E-state index contributed by atoms with van der Waals surface area (Å²) in [6, 6.07) is 5.09. The Hall–Kier alpha value is -1.20. The SMILES string of the molecule is Cc1ccc(Cl)c(Cn2ccc(NS)n2)c1F. The summed E-state index contributed by atoms with van der Waals surface area (Å²) >= 11 is 9.86. The molecule has 2 aromatic rings. The van der Waals surface area contributed by atoms with Crippen LogP contribution in [0.25, 0.3) is 0 Å². The van der Waals surface area contributed by atoms with Gasteiger partial charge in [-0.1, -0.05) is 30.5 Å². The van der Waals surface area contributed by atoms with E-state index in [9.17, 15) is 4.39 Å². The molecule has 0 aliphatic heterocycles. The van der Waals surface area contributed by atoms with Gasteiger partial charge in [-0.3, -0.25) is 4.68 Å². The maximum Gasteiger partial charge on any atom is 0.157 e. The minimum atomic E-state index is -0.284. The highest BCUT2D eigenvalue weighted by atomic mass is 35.5. The minimum Gasteiger partial charge on any atom is -0.316 e. The van der Waals surface area contributed by atoms with Crippen molar-refractivity contribution in [3.05, 3.63) is 46.4 Å². The standard InChI is InChI=1S/C11H11ClFN3S/c1-7-2-3-9(12)8(11(7)13)6-16-5-4-10(14-16)15-17/h2-5,17H,6H2,1H3,(H,14,15). The first-order valence-electron chi connectivity index (χ1n) is 4.99. The lowest BCUT2D eigenvalue weighted by Gasteiger charge is -2.08. The summed E-state index contributed by atoms with van der Waals surface area (Å²) in [6.07, 6.45) is 1.73. The van der Waals surface area contributed by atoms with Crippen molar-refractivity contribution in [3.8, 4) is 0 Å². The molecule has 6 heteroatoms. The van der Waals surface area contributed by atoms with E-state index >= 15 is 0 Å². The Morgan fingerprint density at radius 3 is 2.88 bits per heavy atom. The molecular formula is C11H11ClFN3S. The van der Waals surface area contributed by atoms with Crippen LogP contribution in [0.3, 0.4) is 0 Å². The lowest BCUT2D eigenvalue weighted by atomic mass is 10.1. The van der Waals surface area contributed by atoms with E-state index in [1.54, 1.807) is 36.0 Å². The molecule has 0 bridgehead atoms. The molecule has 0 amide bonds. The molecular weight excluding hydrogens is 261 g/mol. The molecule has 0 saturated heterocycles. The predicted octanol–water partition coefficient (Wildman–Crippen LogP) is 3.29. The molecule has 1 N–H and O–H groups in total. The van der Waals surface area contributed by atoms with Crippen LogP contribution in [-0.2, 0) is 6.54 Å². The summed E-state index contributed by atoms with van der Waals surface area (Å²) in [5.41, 5.74) is 1.02. The van der Waals surface area contributed by atoms with Gasteiger partial charge in [0.15, 0.2) is 5.82 Å². The Bertz CT molecular complexity index is 542. The van der Waals surface area contributed by atoms with Crippen molar-refractivity contribution in [2.24, 2.45) is 0 Å². The summed E-state index contributed by atoms with van der Waals surface area (Å²) in [5, 5.41) is 4.55. The summed E-state index contributed by atoms with van der Waals surface area (Å²) in [5.74, 6) is 0.325. The van der Waals surface area contributed by atoms with Gasteiger partial charge in [0.1, 0.15) is 5.82 Å². The van der Waals surface area contributed by atoms with Crippen molar-refractivity contribution in [1.82, 2.24) is 9.78 Å². The first-order valence-corrected chi connectivity index (χ1v) is 5.81. The molecule has 2 rings (SSSR count). The maximum absolute atomic E-state index is 13.9. The van der Waals surface area contributed by atoms with Gasteiger partial charge in [-0.15, -0.1) is 0 Å². The van der Waals surface area contributed by atoms with Crippen LogP contribution >= 0.6 is 24.4 Å². The second-order valence-electron chi connectivity index (χ2n) is 3.67. The van der Waals surface area contributed by atoms with E-state index in [-0.39, 0.29) is 5.82 Å². The molecule has 0 aliphatic rings. The van der Waals surface area contributed by atoms with Crippen LogP contribution in [0.2, 0.25) is 5.02 Å². The number of halogens is 2. The van der Waals surface area contributed by atoms with Crippen LogP contribution in [0.4, 0.5) is 10.2 Å². The summed E-state index contributed by atoms with van der Waals surface area (Å²) < 4.78 is 18.1. The number of anilines is 1. The van der Waals surface area contributed by atoms with Crippen molar-refractivity contribution in [1.29, 1.82) is 0 Å². The number of benzene rings is 1. The number of thiol groups is 1. The number of aryl methyl sites for hydroxylation is 1. The molecule has 0 spiro atoms. The van der Waals surface area contributed by atoms with Crippen LogP contribution in [0.15, 0.2) is 24.4 Å². The van der Waals surface area contributed by atoms with Crippen molar-refractivity contribution >= 4 is 30.2 Å². The van der Waals surface area contributed by atoms with Gasteiger partial charge in [-0.2, -0.15) is 5.10 Å². The third-order valence-corrected chi connectivity index (χ3v) is 3.04. The van der Waals surface area contributed by atoms with Crippen molar-refractivity contribution in [3.63, 3.8) is 0 Å². The van der Waals surface area contributed by atoms with Gasteiger partial charge in [-0.25, -0.2) is 4.39 Å². The van der Waals surface area contributed by atoms with Gasteiger partial charge in [0.2, 0.25) is 0 Å². The van der Waals surface area contributed by atoms with Gasteiger partial charge in [0.25, 0.3) is 0 Å². The maximum atomic E-state index is 13.9. The third kappa shape index (κ3) is 2.56. The fourth-order valence-corrected chi connectivity index (χ4v) is 1.86. The number of nitrogens with zero attached hydrogens (tertiary/aromatic N) is 2. The van der Waals surface area contributed by atoms with Crippen LogP contribution in [0, 0.1) is 12.7 Å².